The molecule has 162 valence electrons. The number of thiocarbonyl (C=S) groups is 1. The number of nitrogens with zero attached hydrogens (tertiary/aromatic N) is 1. The average Bonchev–Trinajstić information content (AvgIpc) is 2.83. The molecule has 3 aromatic carbocycles. The molecule has 32 heavy (non-hydrogen) atoms. The molecule has 1 N–H and O–H groups in total. The molecular formula is C27H26N2O2S. The monoisotopic (exact) mass is 442 g/mol. The minimum absolute atomic E-state index is 0.00816. The lowest BCUT2D eigenvalue weighted by Crippen LogP contribution is -2.47. The zero-order chi connectivity index (χ0) is 22.5. The van der Waals surface area contributed by atoms with Crippen molar-refractivity contribution in [1.29, 1.82) is 0 Å². The number of carbonyl (C=O) groups excluding carboxylic acids is 1. The van der Waals surface area contributed by atoms with Gasteiger partial charge < -0.3 is 15.0 Å². The number of carbonyl (C=O) groups is 1. The summed E-state index contributed by atoms with van der Waals surface area (Å²) in [6, 6.07) is 26.6. The smallest absolute Gasteiger partial charge is 0.193 e. The highest BCUT2D eigenvalue weighted by Gasteiger charge is 2.33. The van der Waals surface area contributed by atoms with Gasteiger partial charge in [-0.25, -0.2) is 0 Å². The van der Waals surface area contributed by atoms with E-state index >= 15 is 0 Å². The van der Waals surface area contributed by atoms with Crippen molar-refractivity contribution in [2.45, 2.75) is 26.3 Å². The molecule has 3 aromatic rings. The number of rotatable bonds is 7. The number of benzene rings is 3. The van der Waals surface area contributed by atoms with Crippen LogP contribution in [0.15, 0.2) is 96.2 Å². The molecule has 0 bridgehead atoms. The van der Waals surface area contributed by atoms with Crippen LogP contribution in [0.1, 0.15) is 42.2 Å². The molecule has 1 atom stereocenters. The quantitative estimate of drug-likeness (QED) is 0.345. The zero-order valence-corrected chi connectivity index (χ0v) is 19.1. The lowest BCUT2D eigenvalue weighted by Gasteiger charge is -2.38. The minimum atomic E-state index is -0.325. The maximum absolute atomic E-state index is 13.6. The summed E-state index contributed by atoms with van der Waals surface area (Å²) in [7, 11) is 0. The maximum Gasteiger partial charge on any atom is 0.193 e. The molecule has 5 heteroatoms. The number of ether oxygens (including phenoxy) is 1. The highest BCUT2D eigenvalue weighted by molar-refractivity contribution is 7.80. The van der Waals surface area contributed by atoms with E-state index in [4.69, 9.17) is 17.0 Å². The van der Waals surface area contributed by atoms with Crippen molar-refractivity contribution in [3.05, 3.63) is 107 Å². The van der Waals surface area contributed by atoms with E-state index in [2.05, 4.69) is 12.2 Å². The van der Waals surface area contributed by atoms with Crippen LogP contribution in [0, 0.1) is 0 Å². The van der Waals surface area contributed by atoms with E-state index in [9.17, 15) is 4.79 Å². The van der Waals surface area contributed by atoms with E-state index in [0.717, 1.165) is 41.3 Å². The van der Waals surface area contributed by atoms with Crippen molar-refractivity contribution < 1.29 is 9.53 Å². The van der Waals surface area contributed by atoms with E-state index < -0.39 is 0 Å². The van der Waals surface area contributed by atoms with Gasteiger partial charge in [0.25, 0.3) is 0 Å². The van der Waals surface area contributed by atoms with E-state index in [0.29, 0.717) is 10.7 Å². The van der Waals surface area contributed by atoms with Gasteiger partial charge in [-0.1, -0.05) is 67.6 Å². The molecule has 0 spiro atoms. The van der Waals surface area contributed by atoms with E-state index in [1.807, 2.05) is 96.8 Å². The van der Waals surface area contributed by atoms with E-state index in [-0.39, 0.29) is 11.8 Å². The van der Waals surface area contributed by atoms with Crippen LogP contribution in [0.4, 0.5) is 0 Å². The first-order valence-corrected chi connectivity index (χ1v) is 11.2. The van der Waals surface area contributed by atoms with Crippen LogP contribution in [0.25, 0.3) is 0 Å². The Labute approximate surface area is 194 Å². The molecule has 1 heterocycles. The highest BCUT2D eigenvalue weighted by atomic mass is 32.1. The van der Waals surface area contributed by atoms with Crippen LogP contribution in [-0.4, -0.2) is 22.3 Å². The van der Waals surface area contributed by atoms with Gasteiger partial charge in [0.05, 0.1) is 6.04 Å². The second-order valence-electron chi connectivity index (χ2n) is 7.71. The molecule has 4 nitrogen and oxygen atoms in total. The van der Waals surface area contributed by atoms with Crippen LogP contribution in [0.3, 0.4) is 0 Å². The summed E-state index contributed by atoms with van der Waals surface area (Å²) in [5, 5.41) is 4.05. The Kier molecular flexibility index (Phi) is 6.66. The molecule has 4 rings (SSSR count). The summed E-state index contributed by atoms with van der Waals surface area (Å²) in [5.74, 6) is 1.53. The minimum Gasteiger partial charge on any atom is -0.457 e. The molecule has 0 saturated carbocycles. The van der Waals surface area contributed by atoms with Gasteiger partial charge in [-0.15, -0.1) is 0 Å². The third kappa shape index (κ3) is 4.58. The topological polar surface area (TPSA) is 41.6 Å². The largest absolute Gasteiger partial charge is 0.457 e. The standard InChI is InChI=1S/C27H26N2O2S/c1-3-18-29-19(2)24(26(30)21-10-6-4-7-11-21)25(28-27(29)32)20-14-16-23(17-15-20)31-22-12-8-5-9-13-22/h4-17,25H,3,18H2,1-2H3,(H,28,32). The molecule has 0 radical (unpaired) electrons. The Bertz CT molecular complexity index is 1130. The van der Waals surface area contributed by atoms with Gasteiger partial charge in [-0.3, -0.25) is 4.79 Å². The summed E-state index contributed by atoms with van der Waals surface area (Å²) >= 11 is 5.66. The zero-order valence-electron chi connectivity index (χ0n) is 18.2. The molecule has 0 aliphatic carbocycles. The summed E-state index contributed by atoms with van der Waals surface area (Å²) < 4.78 is 5.92. The fourth-order valence-electron chi connectivity index (χ4n) is 3.92. The first kappa shape index (κ1) is 21.8. The van der Waals surface area contributed by atoms with Crippen molar-refractivity contribution in [2.75, 3.05) is 6.54 Å². The molecule has 0 aromatic heterocycles. The molecule has 1 unspecified atom stereocenters. The summed E-state index contributed by atoms with van der Waals surface area (Å²) in [5.41, 5.74) is 3.25. The Morgan fingerprint density at radius 2 is 1.53 bits per heavy atom. The average molecular weight is 443 g/mol. The lowest BCUT2D eigenvalue weighted by atomic mass is 9.89. The van der Waals surface area contributed by atoms with Gasteiger partial charge >= 0.3 is 0 Å². The number of nitrogens with one attached hydrogen (secondary N) is 1. The molecule has 1 aliphatic heterocycles. The molecule has 1 aliphatic rings. The third-order valence-electron chi connectivity index (χ3n) is 5.52. The van der Waals surface area contributed by atoms with Crippen LogP contribution in [-0.2, 0) is 0 Å². The van der Waals surface area contributed by atoms with Crippen LogP contribution in [0.2, 0.25) is 0 Å². The van der Waals surface area contributed by atoms with Crippen molar-refractivity contribution >= 4 is 23.1 Å². The van der Waals surface area contributed by atoms with Crippen LogP contribution in [0.5, 0.6) is 11.5 Å². The fraction of sp³-hybridized carbons (Fsp3) is 0.185. The van der Waals surface area contributed by atoms with E-state index in [1.54, 1.807) is 0 Å². The van der Waals surface area contributed by atoms with Crippen molar-refractivity contribution in [1.82, 2.24) is 10.2 Å². The summed E-state index contributed by atoms with van der Waals surface area (Å²) in [4.78, 5) is 15.6. The van der Waals surface area contributed by atoms with Gasteiger partial charge in [0.15, 0.2) is 10.9 Å². The molecular weight excluding hydrogens is 416 g/mol. The van der Waals surface area contributed by atoms with Gasteiger partial charge in [0.1, 0.15) is 11.5 Å². The summed E-state index contributed by atoms with van der Waals surface area (Å²) in [6.07, 6.45) is 0.933. The fourth-order valence-corrected chi connectivity index (χ4v) is 4.26. The SMILES string of the molecule is CCCN1C(=S)NC(c2ccc(Oc3ccccc3)cc2)C(C(=O)c2ccccc2)=C1C. The summed E-state index contributed by atoms with van der Waals surface area (Å²) in [6.45, 7) is 4.85. The van der Waals surface area contributed by atoms with Crippen molar-refractivity contribution in [3.8, 4) is 11.5 Å². The van der Waals surface area contributed by atoms with Crippen molar-refractivity contribution in [2.24, 2.45) is 0 Å². The molecule has 0 saturated heterocycles. The number of hydrogen-bond acceptors (Lipinski definition) is 3. The van der Waals surface area contributed by atoms with Crippen LogP contribution >= 0.6 is 12.2 Å². The number of allylic oxidation sites excluding steroid dienone is 1. The predicted molar refractivity (Wildman–Crippen MR) is 132 cm³/mol. The van der Waals surface area contributed by atoms with Gasteiger partial charge in [-0.05, 0) is 55.4 Å². The maximum atomic E-state index is 13.6. The van der Waals surface area contributed by atoms with Gasteiger partial charge in [0, 0.05) is 23.4 Å². The number of ketones is 1. The second-order valence-corrected chi connectivity index (χ2v) is 8.10. The Hall–Kier alpha value is -3.44. The number of hydrogen-bond donors (Lipinski definition) is 1. The first-order chi connectivity index (χ1) is 15.6. The van der Waals surface area contributed by atoms with Crippen molar-refractivity contribution in [3.63, 3.8) is 0 Å². The normalized spacial score (nSPS) is 16.0. The number of Topliss-reactive ketones (excluding diaryl/α,β-unsaturated/α-hetero) is 1. The van der Waals surface area contributed by atoms with Gasteiger partial charge in [-0.2, -0.15) is 0 Å². The molecule has 0 fully saturated rings. The van der Waals surface area contributed by atoms with E-state index in [1.165, 1.54) is 0 Å². The second kappa shape index (κ2) is 9.79. The highest BCUT2D eigenvalue weighted by Crippen LogP contribution is 2.34. The molecule has 0 amide bonds. The van der Waals surface area contributed by atoms with Crippen LogP contribution < -0.4 is 10.1 Å². The third-order valence-corrected chi connectivity index (χ3v) is 5.85. The Morgan fingerprint density at radius 1 is 0.938 bits per heavy atom. The first-order valence-electron chi connectivity index (χ1n) is 10.8. The Morgan fingerprint density at radius 3 is 2.16 bits per heavy atom. The van der Waals surface area contributed by atoms with Gasteiger partial charge in [0.2, 0.25) is 0 Å². The predicted octanol–water partition coefficient (Wildman–Crippen LogP) is 6.28. The Balaban J connectivity index is 1.69. The number of para-hydroxylation sites is 1. The lowest BCUT2D eigenvalue weighted by molar-refractivity contribution is 0.102.